The van der Waals surface area contributed by atoms with Crippen molar-refractivity contribution in [2.75, 3.05) is 13.1 Å². The molecule has 19 heavy (non-hydrogen) atoms. The van der Waals surface area contributed by atoms with E-state index in [0.29, 0.717) is 6.54 Å². The number of halogens is 1. The molecular weight excluding hydrogens is 247 g/mol. The average molecular weight is 268 g/mol. The lowest BCUT2D eigenvalue weighted by Gasteiger charge is -2.30. The number of aromatic nitrogens is 1. The van der Waals surface area contributed by atoms with Gasteiger partial charge in [-0.05, 0) is 25.1 Å². The average Bonchev–Trinajstić information content (AvgIpc) is 2.40. The summed E-state index contributed by atoms with van der Waals surface area (Å²) in [5.41, 5.74) is 0.781. The number of hydrogen-bond donors (Lipinski definition) is 1. The first-order valence-corrected chi connectivity index (χ1v) is 6.57. The van der Waals surface area contributed by atoms with Crippen molar-refractivity contribution >= 4 is 5.97 Å². The normalized spacial score (nSPS) is 14.4. The van der Waals surface area contributed by atoms with Crippen LogP contribution in [0, 0.1) is 11.7 Å². The topological polar surface area (TPSA) is 53.4 Å². The smallest absolute Gasteiger partial charge is 0.307 e. The third kappa shape index (κ3) is 4.28. The van der Waals surface area contributed by atoms with Crippen molar-refractivity contribution in [2.45, 2.75) is 33.2 Å². The van der Waals surface area contributed by atoms with Crippen molar-refractivity contribution in [2.24, 2.45) is 5.92 Å². The lowest BCUT2D eigenvalue weighted by atomic mass is 10.1. The first kappa shape index (κ1) is 15.6. The summed E-state index contributed by atoms with van der Waals surface area (Å²) in [6.45, 7) is 6.89. The number of carboxylic acid groups (broad SMARTS) is 1. The van der Waals surface area contributed by atoms with Gasteiger partial charge in [0.15, 0.2) is 0 Å². The molecule has 0 saturated heterocycles. The van der Waals surface area contributed by atoms with Crippen LogP contribution in [0.15, 0.2) is 18.3 Å². The number of carboxylic acids is 1. The van der Waals surface area contributed by atoms with E-state index in [0.717, 1.165) is 18.7 Å². The van der Waals surface area contributed by atoms with E-state index in [1.165, 1.54) is 12.3 Å². The fraction of sp³-hybridized carbons (Fsp3) is 0.571. The minimum atomic E-state index is -0.805. The zero-order valence-corrected chi connectivity index (χ0v) is 11.6. The van der Waals surface area contributed by atoms with E-state index in [1.807, 2.05) is 13.8 Å². The molecule has 5 heteroatoms. The molecule has 0 radical (unpaired) electrons. The van der Waals surface area contributed by atoms with E-state index in [1.54, 1.807) is 13.0 Å². The summed E-state index contributed by atoms with van der Waals surface area (Å²) in [6.07, 6.45) is 2.01. The second kappa shape index (κ2) is 7.19. The number of nitrogens with zero attached hydrogens (tertiary/aromatic N) is 2. The maximum Gasteiger partial charge on any atom is 0.307 e. The Bertz CT molecular complexity index is 408. The fourth-order valence-electron chi connectivity index (χ4n) is 2.15. The molecule has 1 heterocycles. The summed E-state index contributed by atoms with van der Waals surface area (Å²) < 4.78 is 12.9. The summed E-state index contributed by atoms with van der Waals surface area (Å²) in [7, 11) is 0. The minimum absolute atomic E-state index is 0.0207. The SMILES string of the molecule is CCC(c1ccc(F)cn1)N(CC)CC(C)C(=O)O. The van der Waals surface area contributed by atoms with Gasteiger partial charge in [0, 0.05) is 6.54 Å². The van der Waals surface area contributed by atoms with Crippen LogP contribution in [0.1, 0.15) is 38.9 Å². The van der Waals surface area contributed by atoms with Crippen LogP contribution in [-0.2, 0) is 4.79 Å². The van der Waals surface area contributed by atoms with Gasteiger partial charge in [0.25, 0.3) is 0 Å². The number of pyridine rings is 1. The molecule has 0 fully saturated rings. The van der Waals surface area contributed by atoms with Gasteiger partial charge in [-0.25, -0.2) is 4.39 Å². The molecule has 106 valence electrons. The molecule has 0 aromatic carbocycles. The highest BCUT2D eigenvalue weighted by atomic mass is 19.1. The Morgan fingerprint density at radius 1 is 1.47 bits per heavy atom. The van der Waals surface area contributed by atoms with Crippen molar-refractivity contribution in [3.8, 4) is 0 Å². The highest BCUT2D eigenvalue weighted by Crippen LogP contribution is 2.23. The van der Waals surface area contributed by atoms with Crippen LogP contribution in [0.3, 0.4) is 0 Å². The van der Waals surface area contributed by atoms with Crippen LogP contribution in [0.4, 0.5) is 4.39 Å². The fourth-order valence-corrected chi connectivity index (χ4v) is 2.15. The monoisotopic (exact) mass is 268 g/mol. The Morgan fingerprint density at radius 3 is 2.58 bits per heavy atom. The van der Waals surface area contributed by atoms with E-state index in [9.17, 15) is 9.18 Å². The molecule has 2 atom stereocenters. The van der Waals surface area contributed by atoms with Crippen molar-refractivity contribution in [3.05, 3.63) is 29.8 Å². The highest BCUT2D eigenvalue weighted by Gasteiger charge is 2.23. The highest BCUT2D eigenvalue weighted by molar-refractivity contribution is 5.69. The summed E-state index contributed by atoms with van der Waals surface area (Å²) >= 11 is 0. The molecule has 1 aromatic rings. The molecule has 0 aliphatic carbocycles. The lowest BCUT2D eigenvalue weighted by molar-refractivity contribution is -0.141. The second-order valence-electron chi connectivity index (χ2n) is 4.65. The summed E-state index contributed by atoms with van der Waals surface area (Å²) in [4.78, 5) is 17.1. The summed E-state index contributed by atoms with van der Waals surface area (Å²) in [5, 5.41) is 9.00. The van der Waals surface area contributed by atoms with Gasteiger partial charge in [-0.2, -0.15) is 0 Å². The van der Waals surface area contributed by atoms with E-state index in [-0.39, 0.29) is 11.9 Å². The molecule has 0 aliphatic rings. The molecular formula is C14H21FN2O2. The third-order valence-electron chi connectivity index (χ3n) is 3.26. The predicted molar refractivity (Wildman–Crippen MR) is 71.3 cm³/mol. The van der Waals surface area contributed by atoms with Crippen LogP contribution in [0.25, 0.3) is 0 Å². The van der Waals surface area contributed by atoms with Crippen molar-refractivity contribution < 1.29 is 14.3 Å². The Balaban J connectivity index is 2.86. The van der Waals surface area contributed by atoms with Crippen LogP contribution >= 0.6 is 0 Å². The largest absolute Gasteiger partial charge is 0.481 e. The van der Waals surface area contributed by atoms with Crippen LogP contribution in [-0.4, -0.2) is 34.0 Å². The third-order valence-corrected chi connectivity index (χ3v) is 3.26. The summed E-state index contributed by atoms with van der Waals surface area (Å²) in [6, 6.07) is 3.07. The quantitative estimate of drug-likeness (QED) is 0.826. The van der Waals surface area contributed by atoms with Gasteiger partial charge in [0.05, 0.1) is 23.9 Å². The molecule has 4 nitrogen and oxygen atoms in total. The minimum Gasteiger partial charge on any atom is -0.481 e. The second-order valence-corrected chi connectivity index (χ2v) is 4.65. The molecule has 1 aromatic heterocycles. The zero-order valence-electron chi connectivity index (χ0n) is 11.6. The van der Waals surface area contributed by atoms with E-state index in [4.69, 9.17) is 5.11 Å². The van der Waals surface area contributed by atoms with Crippen molar-refractivity contribution in [1.29, 1.82) is 0 Å². The Labute approximate surface area is 113 Å². The maximum atomic E-state index is 12.9. The van der Waals surface area contributed by atoms with E-state index < -0.39 is 11.9 Å². The number of carbonyl (C=O) groups is 1. The molecule has 2 unspecified atom stereocenters. The number of rotatable bonds is 7. The van der Waals surface area contributed by atoms with Crippen molar-refractivity contribution in [3.63, 3.8) is 0 Å². The van der Waals surface area contributed by atoms with Gasteiger partial charge in [-0.3, -0.25) is 14.7 Å². The zero-order chi connectivity index (χ0) is 14.4. The standard InChI is InChI=1S/C14H21FN2O2/c1-4-13(12-7-6-11(15)8-16-12)17(5-2)9-10(3)14(18)19/h6-8,10,13H,4-5,9H2,1-3H3,(H,18,19). The van der Waals surface area contributed by atoms with E-state index in [2.05, 4.69) is 9.88 Å². The predicted octanol–water partition coefficient (Wildman–Crippen LogP) is 2.71. The van der Waals surface area contributed by atoms with Gasteiger partial charge in [-0.15, -0.1) is 0 Å². The Hall–Kier alpha value is -1.49. The van der Waals surface area contributed by atoms with Gasteiger partial charge in [0.2, 0.25) is 0 Å². The Morgan fingerprint density at radius 2 is 2.16 bits per heavy atom. The van der Waals surface area contributed by atoms with Crippen LogP contribution in [0.2, 0.25) is 0 Å². The molecule has 0 spiro atoms. The number of aliphatic carboxylic acids is 1. The lowest BCUT2D eigenvalue weighted by Crippen LogP contribution is -2.35. The maximum absolute atomic E-state index is 12.9. The first-order chi connectivity index (χ1) is 8.99. The molecule has 0 saturated carbocycles. The van der Waals surface area contributed by atoms with Crippen molar-refractivity contribution in [1.82, 2.24) is 9.88 Å². The Kier molecular flexibility index (Phi) is 5.89. The molecule has 0 bridgehead atoms. The number of hydrogen-bond acceptors (Lipinski definition) is 3. The van der Waals surface area contributed by atoms with Crippen LogP contribution < -0.4 is 0 Å². The van der Waals surface area contributed by atoms with Gasteiger partial charge >= 0.3 is 5.97 Å². The van der Waals surface area contributed by atoms with Gasteiger partial charge < -0.3 is 5.11 Å². The van der Waals surface area contributed by atoms with E-state index >= 15 is 0 Å². The van der Waals surface area contributed by atoms with Gasteiger partial charge in [0.1, 0.15) is 5.82 Å². The molecule has 1 rings (SSSR count). The summed E-state index contributed by atoms with van der Waals surface area (Å²) in [5.74, 6) is -1.60. The molecule has 0 aliphatic heterocycles. The molecule has 1 N–H and O–H groups in total. The first-order valence-electron chi connectivity index (χ1n) is 6.57. The van der Waals surface area contributed by atoms with Gasteiger partial charge in [-0.1, -0.05) is 20.8 Å². The molecule has 0 amide bonds. The van der Waals surface area contributed by atoms with Crippen LogP contribution in [0.5, 0.6) is 0 Å².